The Bertz CT molecular complexity index is 1470. The SMILES string of the molecule is CCCCCCCCCCCCCCCCCC(=O)NC1O[C@H](COC(C)=O)[C@@H](O[C@@H]2O[C@H](COC(C)=O)[C@@H](OC(C)=O)[C@H](OC(C)=O)[C@@H]2OC(C)=O)[C@H](OC(C)=O)[C@@H]1OC(C)=O. The molecule has 19 nitrogen and oxygen atoms in total. The minimum Gasteiger partial charge on any atom is -0.463 e. The van der Waals surface area contributed by atoms with Gasteiger partial charge in [-0.3, -0.25) is 38.4 Å². The van der Waals surface area contributed by atoms with Crippen molar-refractivity contribution in [1.29, 1.82) is 0 Å². The Hall–Kier alpha value is -4.36. The van der Waals surface area contributed by atoms with Crippen LogP contribution in [0.25, 0.3) is 0 Å². The Morgan fingerprint density at radius 1 is 0.413 bits per heavy atom. The molecule has 2 fully saturated rings. The fourth-order valence-corrected chi connectivity index (χ4v) is 7.52. The Morgan fingerprint density at radius 2 is 0.778 bits per heavy atom. The van der Waals surface area contributed by atoms with E-state index in [0.717, 1.165) is 74.1 Å². The van der Waals surface area contributed by atoms with Gasteiger partial charge in [-0.05, 0) is 6.42 Å². The highest BCUT2D eigenvalue weighted by atomic mass is 16.8. The van der Waals surface area contributed by atoms with Gasteiger partial charge in [0.15, 0.2) is 43.0 Å². The van der Waals surface area contributed by atoms with E-state index in [4.69, 9.17) is 47.4 Å². The van der Waals surface area contributed by atoms with Crippen molar-refractivity contribution >= 4 is 47.7 Å². The predicted octanol–water partition coefficient (Wildman–Crippen LogP) is 4.98. The Kier molecular flexibility index (Phi) is 26.0. The summed E-state index contributed by atoms with van der Waals surface area (Å²) in [5.41, 5.74) is 0. The molecule has 1 N–H and O–H groups in total. The smallest absolute Gasteiger partial charge is 0.303 e. The van der Waals surface area contributed by atoms with Crippen LogP contribution in [0, 0.1) is 0 Å². The second-order valence-corrected chi connectivity index (χ2v) is 16.0. The van der Waals surface area contributed by atoms with Gasteiger partial charge in [0, 0.05) is 54.9 Å². The van der Waals surface area contributed by atoms with Gasteiger partial charge in [0.05, 0.1) is 0 Å². The average molecular weight is 902 g/mol. The molecule has 2 aliphatic heterocycles. The highest BCUT2D eigenvalue weighted by molar-refractivity contribution is 5.76. The van der Waals surface area contributed by atoms with Crippen molar-refractivity contribution in [3.63, 3.8) is 0 Å². The number of esters is 7. The van der Waals surface area contributed by atoms with Crippen molar-refractivity contribution < 1.29 is 85.7 Å². The third-order valence-corrected chi connectivity index (χ3v) is 10.2. The van der Waals surface area contributed by atoms with E-state index < -0.39 is 122 Å². The highest BCUT2D eigenvalue weighted by Crippen LogP contribution is 2.35. The van der Waals surface area contributed by atoms with Crippen LogP contribution in [0.3, 0.4) is 0 Å². The van der Waals surface area contributed by atoms with E-state index in [1.165, 1.54) is 64.2 Å². The minimum atomic E-state index is -1.81. The maximum atomic E-state index is 13.4. The van der Waals surface area contributed by atoms with E-state index in [9.17, 15) is 38.4 Å². The first-order chi connectivity index (χ1) is 29.9. The van der Waals surface area contributed by atoms with E-state index in [1.54, 1.807) is 0 Å². The first-order valence-electron chi connectivity index (χ1n) is 22.3. The summed E-state index contributed by atoms with van der Waals surface area (Å²) in [6.07, 6.45) is 1.67. The zero-order chi connectivity index (χ0) is 46.9. The van der Waals surface area contributed by atoms with Crippen LogP contribution in [0.4, 0.5) is 0 Å². The summed E-state index contributed by atoms with van der Waals surface area (Å²) in [6.45, 7) is 8.60. The van der Waals surface area contributed by atoms with Crippen LogP contribution >= 0.6 is 0 Å². The molecule has 2 aliphatic rings. The van der Waals surface area contributed by atoms with E-state index in [2.05, 4.69) is 12.2 Å². The zero-order valence-electron chi connectivity index (χ0n) is 38.3. The molecule has 10 atom stereocenters. The summed E-state index contributed by atoms with van der Waals surface area (Å²) < 4.78 is 56.8. The lowest BCUT2D eigenvalue weighted by molar-refractivity contribution is -0.345. The maximum Gasteiger partial charge on any atom is 0.303 e. The quantitative estimate of drug-likeness (QED) is 0.0618. The maximum absolute atomic E-state index is 13.4. The fraction of sp³-hybridized carbons (Fsp3) is 0.818. The molecular formula is C44H71NO18. The van der Waals surface area contributed by atoms with Crippen LogP contribution in [0.1, 0.15) is 158 Å². The van der Waals surface area contributed by atoms with Gasteiger partial charge in [-0.25, -0.2) is 0 Å². The summed E-state index contributed by atoms with van der Waals surface area (Å²) in [5.74, 6) is -6.37. The van der Waals surface area contributed by atoms with Crippen molar-refractivity contribution in [2.45, 2.75) is 219 Å². The van der Waals surface area contributed by atoms with E-state index in [1.807, 2.05) is 0 Å². The number of hydrogen-bond donors (Lipinski definition) is 1. The van der Waals surface area contributed by atoms with Gasteiger partial charge >= 0.3 is 41.8 Å². The standard InChI is InChI=1S/C44H71NO18/c1-9-10-11-12-13-14-15-16-17-18-19-20-21-22-23-24-36(53)45-43-41(59-32(7)51)39(57-30(5)49)38(34(61-43)25-54-27(2)46)63-44-42(60-33(8)52)40(58-31(6)50)37(56-29(4)48)35(62-44)26-55-28(3)47/h34-35,37-44H,9-26H2,1-8H3,(H,45,53)/t34-,35-,37-,38-,39+,40+,41+,42+,43?,44+/m1/s1. The van der Waals surface area contributed by atoms with Gasteiger partial charge < -0.3 is 52.7 Å². The first kappa shape index (κ1) is 54.8. The molecule has 0 aromatic rings. The molecule has 1 unspecified atom stereocenters. The molecule has 2 rings (SSSR count). The van der Waals surface area contributed by atoms with Crippen LogP contribution < -0.4 is 5.32 Å². The minimum absolute atomic E-state index is 0.0996. The second-order valence-electron chi connectivity index (χ2n) is 16.0. The van der Waals surface area contributed by atoms with Crippen molar-refractivity contribution in [3.05, 3.63) is 0 Å². The molecular weight excluding hydrogens is 830 g/mol. The molecule has 0 aliphatic carbocycles. The Labute approximate surface area is 370 Å². The van der Waals surface area contributed by atoms with Crippen LogP contribution in [0.15, 0.2) is 0 Å². The molecule has 0 radical (unpaired) electrons. The summed E-state index contributed by atoms with van der Waals surface area (Å²) in [6, 6.07) is 0. The van der Waals surface area contributed by atoms with Gasteiger partial charge in [-0.15, -0.1) is 0 Å². The van der Waals surface area contributed by atoms with Crippen molar-refractivity contribution in [3.8, 4) is 0 Å². The highest BCUT2D eigenvalue weighted by Gasteiger charge is 2.57. The lowest BCUT2D eigenvalue weighted by Gasteiger charge is -2.48. The molecule has 2 saturated heterocycles. The molecule has 360 valence electrons. The number of hydrogen-bond acceptors (Lipinski definition) is 18. The number of carbonyl (C=O) groups excluding carboxylic acids is 8. The van der Waals surface area contributed by atoms with E-state index >= 15 is 0 Å². The number of amides is 1. The van der Waals surface area contributed by atoms with Crippen molar-refractivity contribution in [2.75, 3.05) is 13.2 Å². The molecule has 1 amide bonds. The Morgan fingerprint density at radius 3 is 1.21 bits per heavy atom. The van der Waals surface area contributed by atoms with Crippen LogP contribution in [-0.4, -0.2) is 122 Å². The lowest BCUT2D eigenvalue weighted by Crippen LogP contribution is -2.68. The summed E-state index contributed by atoms with van der Waals surface area (Å²) in [7, 11) is 0. The first-order valence-corrected chi connectivity index (χ1v) is 22.3. The largest absolute Gasteiger partial charge is 0.463 e. The van der Waals surface area contributed by atoms with Crippen molar-refractivity contribution in [2.24, 2.45) is 0 Å². The summed E-state index contributed by atoms with van der Waals surface area (Å²) in [4.78, 5) is 99.7. The fourth-order valence-electron chi connectivity index (χ4n) is 7.52. The molecule has 2 heterocycles. The predicted molar refractivity (Wildman–Crippen MR) is 221 cm³/mol. The number of nitrogens with one attached hydrogen (secondary N) is 1. The monoisotopic (exact) mass is 901 g/mol. The summed E-state index contributed by atoms with van der Waals surface area (Å²) in [5, 5.41) is 2.71. The zero-order valence-corrected chi connectivity index (χ0v) is 38.3. The van der Waals surface area contributed by atoms with Crippen LogP contribution in [0.5, 0.6) is 0 Å². The van der Waals surface area contributed by atoms with Gasteiger partial charge in [0.1, 0.15) is 31.5 Å². The number of ether oxygens (including phenoxy) is 10. The number of rotatable bonds is 28. The molecule has 0 aromatic carbocycles. The van der Waals surface area contributed by atoms with Gasteiger partial charge in [0.2, 0.25) is 5.91 Å². The number of carbonyl (C=O) groups is 8. The lowest BCUT2D eigenvalue weighted by atomic mass is 9.95. The van der Waals surface area contributed by atoms with Gasteiger partial charge in [-0.2, -0.15) is 0 Å². The number of unbranched alkanes of at least 4 members (excludes halogenated alkanes) is 14. The van der Waals surface area contributed by atoms with Crippen molar-refractivity contribution in [1.82, 2.24) is 5.32 Å². The Balaban J connectivity index is 2.30. The van der Waals surface area contributed by atoms with E-state index in [-0.39, 0.29) is 6.42 Å². The molecule has 19 heteroatoms. The third-order valence-electron chi connectivity index (χ3n) is 10.2. The van der Waals surface area contributed by atoms with E-state index in [0.29, 0.717) is 6.42 Å². The molecule has 63 heavy (non-hydrogen) atoms. The van der Waals surface area contributed by atoms with Gasteiger partial charge in [-0.1, -0.05) is 96.8 Å². The second kappa shape index (κ2) is 29.9. The molecule has 0 saturated carbocycles. The third kappa shape index (κ3) is 21.7. The normalized spacial score (nSPS) is 25.5. The molecule has 0 bridgehead atoms. The van der Waals surface area contributed by atoms with Gasteiger partial charge in [0.25, 0.3) is 0 Å². The van der Waals surface area contributed by atoms with Crippen LogP contribution in [0.2, 0.25) is 0 Å². The molecule has 0 aromatic heterocycles. The average Bonchev–Trinajstić information content (AvgIpc) is 3.18. The topological polar surface area (TPSA) is 241 Å². The van der Waals surface area contributed by atoms with Crippen LogP contribution in [-0.2, 0) is 85.7 Å². The molecule has 0 spiro atoms. The summed E-state index contributed by atoms with van der Waals surface area (Å²) >= 11 is 0.